The molecular formula is C5H6Li2. The Kier molecular flexibility index (Phi) is 4.00. The van der Waals surface area contributed by atoms with E-state index in [-0.39, 0.29) is 18.9 Å². The summed E-state index contributed by atoms with van der Waals surface area (Å²) in [5, 5.41) is 0. The molecule has 1 aliphatic rings. The molecule has 0 aromatic rings. The second kappa shape index (κ2) is 3.65. The number of allylic oxidation sites excluding steroid dienone is 4. The summed E-state index contributed by atoms with van der Waals surface area (Å²) in [4.78, 5) is 0. The third-order valence-electron chi connectivity index (χ3n) is 0.940. The Labute approximate surface area is 65.4 Å². The van der Waals surface area contributed by atoms with E-state index in [4.69, 9.17) is 0 Å². The third kappa shape index (κ3) is 2.48. The molecule has 0 saturated heterocycles. The van der Waals surface area contributed by atoms with Crippen LogP contribution in [0.25, 0.3) is 0 Å². The Hall–Kier alpha value is 0.675. The zero-order valence-corrected chi connectivity index (χ0v) is 3.89. The first-order valence-corrected chi connectivity index (χ1v) is 2.24. The molecule has 0 heterocycles. The average molecular weight is 80.0 g/mol. The van der Waals surface area contributed by atoms with Gasteiger partial charge < -0.3 is 0 Å². The third-order valence-corrected chi connectivity index (χ3v) is 0.940. The van der Waals surface area contributed by atoms with E-state index in [0.29, 0.717) is 4.59 Å². The predicted octanol–water partition coefficient (Wildman–Crippen LogP) is 0.421. The van der Waals surface area contributed by atoms with Crippen molar-refractivity contribution in [1.29, 1.82) is 0 Å². The van der Waals surface area contributed by atoms with Gasteiger partial charge in [-0.2, -0.15) is 0 Å². The van der Waals surface area contributed by atoms with Gasteiger partial charge in [-0.15, -0.1) is 0 Å². The molecule has 0 aromatic heterocycles. The van der Waals surface area contributed by atoms with Gasteiger partial charge in [-0.05, 0) is 0 Å². The van der Waals surface area contributed by atoms with Crippen molar-refractivity contribution in [2.45, 2.75) is 4.59 Å². The van der Waals surface area contributed by atoms with Crippen LogP contribution in [0.15, 0.2) is 24.3 Å². The van der Waals surface area contributed by atoms with Crippen molar-refractivity contribution in [3.8, 4) is 0 Å². The van der Waals surface area contributed by atoms with Crippen molar-refractivity contribution in [1.82, 2.24) is 0 Å². The summed E-state index contributed by atoms with van der Waals surface area (Å²) in [6.07, 6.45) is 8.48. The first-order valence-electron chi connectivity index (χ1n) is 2.24. The first kappa shape index (κ1) is 7.67. The zero-order chi connectivity index (χ0) is 4.41. The van der Waals surface area contributed by atoms with Crippen LogP contribution in [-0.2, 0) is 0 Å². The summed E-state index contributed by atoms with van der Waals surface area (Å²) >= 11 is 2.17. The van der Waals surface area contributed by atoms with E-state index in [1.54, 1.807) is 0 Å². The van der Waals surface area contributed by atoms with Crippen LogP contribution in [0.3, 0.4) is 0 Å². The van der Waals surface area contributed by atoms with Crippen LogP contribution >= 0.6 is 0 Å². The van der Waals surface area contributed by atoms with E-state index < -0.39 is 0 Å². The Bertz CT molecular complexity index is 82.3. The number of hydrogen-bond acceptors (Lipinski definition) is 0. The predicted molar refractivity (Wildman–Crippen MR) is 34.9 cm³/mol. The van der Waals surface area contributed by atoms with E-state index >= 15 is 0 Å². The van der Waals surface area contributed by atoms with Crippen molar-refractivity contribution in [3.63, 3.8) is 0 Å². The van der Waals surface area contributed by atoms with Crippen molar-refractivity contribution < 1.29 is 0 Å². The van der Waals surface area contributed by atoms with Gasteiger partial charge in [0.1, 0.15) is 0 Å². The summed E-state index contributed by atoms with van der Waals surface area (Å²) in [6, 6.07) is 0. The molecule has 0 aromatic carbocycles. The maximum atomic E-state index is 2.17. The van der Waals surface area contributed by atoms with Crippen LogP contribution in [0, 0.1) is 0 Å². The van der Waals surface area contributed by atoms with Crippen molar-refractivity contribution in [2.75, 3.05) is 0 Å². The van der Waals surface area contributed by atoms with Gasteiger partial charge in [0.15, 0.2) is 0 Å². The number of hydrogen-bond donors (Lipinski definition) is 0. The van der Waals surface area contributed by atoms with E-state index in [2.05, 4.69) is 42.0 Å². The molecule has 0 radical (unpaired) electrons. The molecule has 7 heavy (non-hydrogen) atoms. The van der Waals surface area contributed by atoms with Crippen LogP contribution in [0.5, 0.6) is 0 Å². The molecule has 0 spiro atoms. The van der Waals surface area contributed by atoms with Crippen molar-refractivity contribution in [2.24, 2.45) is 0 Å². The molecule has 0 atom stereocenters. The monoisotopic (exact) mass is 80.1 g/mol. The molecular weight excluding hydrogens is 73.9 g/mol. The molecule has 0 amide bonds. The molecule has 0 nitrogen and oxygen atoms in total. The molecule has 0 aliphatic heterocycles. The van der Waals surface area contributed by atoms with Crippen LogP contribution in [-0.4, -0.2) is 36.6 Å². The van der Waals surface area contributed by atoms with Gasteiger partial charge in [0.25, 0.3) is 0 Å². The quantitative estimate of drug-likeness (QED) is 0.370. The maximum absolute atomic E-state index is 2.17. The van der Waals surface area contributed by atoms with E-state index in [1.807, 2.05) is 0 Å². The SMILES string of the molecule is [LiH].[Li][CH]1C=CC=C1. The topological polar surface area (TPSA) is 0 Å². The number of rotatable bonds is 0. The Morgan fingerprint density at radius 1 is 1.14 bits per heavy atom. The van der Waals surface area contributed by atoms with Crippen molar-refractivity contribution >= 4 is 36.6 Å². The standard InChI is InChI=1S/C5H5.2Li.H/c1-2-4-5-3-1;;;/h1-5H;;;. The molecule has 1 aliphatic carbocycles. The minimum atomic E-state index is 0. The van der Waals surface area contributed by atoms with E-state index in [9.17, 15) is 0 Å². The van der Waals surface area contributed by atoms with Gasteiger partial charge >= 0.3 is 65.5 Å². The van der Waals surface area contributed by atoms with Gasteiger partial charge in [-0.1, -0.05) is 0 Å². The zero-order valence-electron chi connectivity index (χ0n) is 3.89. The van der Waals surface area contributed by atoms with E-state index in [0.717, 1.165) is 0 Å². The fourth-order valence-corrected chi connectivity index (χ4v) is 0.543. The second-order valence-corrected chi connectivity index (χ2v) is 1.63. The van der Waals surface area contributed by atoms with Gasteiger partial charge in [0, 0.05) is 0 Å². The normalized spacial score (nSPS) is 17.4. The van der Waals surface area contributed by atoms with Gasteiger partial charge in [-0.25, -0.2) is 0 Å². The van der Waals surface area contributed by atoms with Crippen LogP contribution in [0.2, 0.25) is 4.59 Å². The molecule has 0 N–H and O–H groups in total. The van der Waals surface area contributed by atoms with Crippen molar-refractivity contribution in [3.05, 3.63) is 24.3 Å². The molecule has 0 unspecified atom stereocenters. The summed E-state index contributed by atoms with van der Waals surface area (Å²) in [6.45, 7) is 0. The van der Waals surface area contributed by atoms with Crippen LogP contribution in [0.1, 0.15) is 0 Å². The molecule has 2 heteroatoms. The summed E-state index contributed by atoms with van der Waals surface area (Å²) in [7, 11) is 0. The fourth-order valence-electron chi connectivity index (χ4n) is 0.543. The fraction of sp³-hybridized carbons (Fsp3) is 0.200. The average Bonchev–Trinajstić information content (AvgIpc) is 1.86. The minimum absolute atomic E-state index is 0. The first-order chi connectivity index (χ1) is 2.89. The second-order valence-electron chi connectivity index (χ2n) is 1.63. The Balaban J connectivity index is 0.000000360. The molecule has 0 saturated carbocycles. The Morgan fingerprint density at radius 3 is 1.71 bits per heavy atom. The van der Waals surface area contributed by atoms with Gasteiger partial charge in [-0.3, -0.25) is 0 Å². The van der Waals surface area contributed by atoms with Crippen LogP contribution < -0.4 is 0 Å². The molecule has 1 rings (SSSR count). The summed E-state index contributed by atoms with van der Waals surface area (Å²) < 4.78 is 0.685. The summed E-state index contributed by atoms with van der Waals surface area (Å²) in [5.74, 6) is 0. The van der Waals surface area contributed by atoms with Crippen LogP contribution in [0.4, 0.5) is 0 Å². The van der Waals surface area contributed by atoms with Gasteiger partial charge in [0.05, 0.1) is 0 Å². The van der Waals surface area contributed by atoms with Gasteiger partial charge in [0.2, 0.25) is 0 Å². The Morgan fingerprint density at radius 2 is 1.57 bits per heavy atom. The van der Waals surface area contributed by atoms with E-state index in [1.165, 1.54) is 0 Å². The molecule has 0 bridgehead atoms. The molecule has 28 valence electrons. The summed E-state index contributed by atoms with van der Waals surface area (Å²) in [5.41, 5.74) is 0. The molecule has 0 fully saturated rings.